The van der Waals surface area contributed by atoms with Gasteiger partial charge in [0.05, 0.1) is 35.4 Å². The maximum atomic E-state index is 8.21. The van der Waals surface area contributed by atoms with Gasteiger partial charge in [-0.15, -0.1) is 0 Å². The van der Waals surface area contributed by atoms with Crippen molar-refractivity contribution >= 4 is 55.0 Å². The third kappa shape index (κ3) is 4.07. The van der Waals surface area contributed by atoms with Gasteiger partial charge in [0.1, 0.15) is 0 Å². The van der Waals surface area contributed by atoms with E-state index in [2.05, 4.69) is 152 Å². The molecule has 0 saturated carbocycles. The first-order valence-corrected chi connectivity index (χ1v) is 15.8. The summed E-state index contributed by atoms with van der Waals surface area (Å²) in [5.74, 6) is 0. The van der Waals surface area contributed by atoms with E-state index in [4.69, 9.17) is 13.1 Å². The molecule has 0 fully saturated rings. The third-order valence-corrected chi connectivity index (χ3v) is 9.38. The van der Waals surface area contributed by atoms with E-state index < -0.39 is 0 Å². The summed E-state index contributed by atoms with van der Waals surface area (Å²) in [5.41, 5.74) is 11.7. The Morgan fingerprint density at radius 2 is 0.938 bits per heavy atom. The van der Waals surface area contributed by atoms with Crippen LogP contribution in [0.2, 0.25) is 0 Å². The van der Waals surface area contributed by atoms with Crippen molar-refractivity contribution in [1.82, 2.24) is 9.13 Å². The number of para-hydroxylation sites is 4. The summed E-state index contributed by atoms with van der Waals surface area (Å²) < 4.78 is 4.50. The third-order valence-electron chi connectivity index (χ3n) is 9.38. The number of benzene rings is 7. The monoisotopic (exact) mass is 610 g/mol. The van der Waals surface area contributed by atoms with Gasteiger partial charge in [-0.2, -0.15) is 0 Å². The maximum Gasteiger partial charge on any atom is 0.211 e. The van der Waals surface area contributed by atoms with E-state index >= 15 is 0 Å². The zero-order valence-electron chi connectivity index (χ0n) is 25.8. The Balaban J connectivity index is 1.24. The van der Waals surface area contributed by atoms with Crippen LogP contribution < -0.4 is 0 Å². The molecule has 222 valence electrons. The highest BCUT2D eigenvalue weighted by Crippen LogP contribution is 2.43. The highest BCUT2D eigenvalue weighted by Gasteiger charge is 2.20. The van der Waals surface area contributed by atoms with Gasteiger partial charge in [0, 0.05) is 32.7 Å². The molecule has 2 heterocycles. The van der Waals surface area contributed by atoms with Crippen molar-refractivity contribution in [2.45, 2.75) is 0 Å². The largest absolute Gasteiger partial charge is 0.318 e. The number of rotatable bonds is 4. The molecule has 4 nitrogen and oxygen atoms in total. The maximum absolute atomic E-state index is 8.21. The standard InChI is InChI=1S/C44H26N4/c1-45-30-24-27-37-36-16-5-8-19-40(36)47(43(37)28-30)31-25-22-29(23-26-31)32-12-3-4-13-33(32)38-17-11-18-39(46-2)44(38)48-41-20-9-6-14-34(41)35-15-7-10-21-42(35)48/h3-28H. The molecule has 4 heteroatoms. The number of hydrogen-bond acceptors (Lipinski definition) is 0. The zero-order valence-corrected chi connectivity index (χ0v) is 25.8. The Labute approximate surface area is 277 Å². The Kier molecular flexibility index (Phi) is 6.22. The van der Waals surface area contributed by atoms with Crippen LogP contribution in [0.4, 0.5) is 11.4 Å². The van der Waals surface area contributed by atoms with E-state index in [-0.39, 0.29) is 0 Å². The molecule has 0 aliphatic rings. The van der Waals surface area contributed by atoms with Crippen LogP contribution in [0, 0.1) is 13.1 Å². The second-order valence-corrected chi connectivity index (χ2v) is 11.9. The normalized spacial score (nSPS) is 11.3. The number of aromatic nitrogens is 2. The van der Waals surface area contributed by atoms with Gasteiger partial charge in [-0.3, -0.25) is 0 Å². The second kappa shape index (κ2) is 10.9. The summed E-state index contributed by atoms with van der Waals surface area (Å²) in [7, 11) is 0. The molecule has 2 aromatic heterocycles. The van der Waals surface area contributed by atoms with Gasteiger partial charge in [0.2, 0.25) is 5.69 Å². The summed E-state index contributed by atoms with van der Waals surface area (Å²) in [5, 5.41) is 4.62. The van der Waals surface area contributed by atoms with Crippen LogP contribution in [-0.2, 0) is 0 Å². The predicted octanol–water partition coefficient (Wildman–Crippen LogP) is 12.3. The van der Waals surface area contributed by atoms with Crippen molar-refractivity contribution in [2.24, 2.45) is 0 Å². The van der Waals surface area contributed by atoms with Crippen LogP contribution in [-0.4, -0.2) is 9.13 Å². The van der Waals surface area contributed by atoms with Crippen LogP contribution in [0.25, 0.3) is 86.9 Å². The molecule has 0 unspecified atom stereocenters. The summed E-state index contributed by atoms with van der Waals surface area (Å²) in [4.78, 5) is 7.74. The molecule has 0 radical (unpaired) electrons. The fourth-order valence-corrected chi connectivity index (χ4v) is 7.30. The van der Waals surface area contributed by atoms with Crippen LogP contribution in [0.1, 0.15) is 0 Å². The molecule has 0 spiro atoms. The van der Waals surface area contributed by atoms with Crippen molar-refractivity contribution in [3.05, 3.63) is 181 Å². The van der Waals surface area contributed by atoms with Gasteiger partial charge >= 0.3 is 0 Å². The van der Waals surface area contributed by atoms with Crippen LogP contribution >= 0.6 is 0 Å². The van der Waals surface area contributed by atoms with Crippen molar-refractivity contribution in [3.63, 3.8) is 0 Å². The first kappa shape index (κ1) is 27.4. The Morgan fingerprint density at radius 1 is 0.396 bits per heavy atom. The van der Waals surface area contributed by atoms with E-state index in [9.17, 15) is 0 Å². The molecule has 48 heavy (non-hydrogen) atoms. The van der Waals surface area contributed by atoms with E-state index in [0.717, 1.165) is 77.2 Å². The first-order chi connectivity index (χ1) is 23.7. The van der Waals surface area contributed by atoms with Crippen molar-refractivity contribution in [1.29, 1.82) is 0 Å². The molecule has 0 aliphatic carbocycles. The average molecular weight is 611 g/mol. The van der Waals surface area contributed by atoms with E-state index in [1.54, 1.807) is 0 Å². The van der Waals surface area contributed by atoms with Crippen LogP contribution in [0.15, 0.2) is 158 Å². The number of fused-ring (bicyclic) bond motifs is 6. The smallest absolute Gasteiger partial charge is 0.211 e. The highest BCUT2D eigenvalue weighted by atomic mass is 15.0. The molecule has 0 N–H and O–H groups in total. The van der Waals surface area contributed by atoms with Gasteiger partial charge in [-0.1, -0.05) is 121 Å². The molecule has 0 bridgehead atoms. The zero-order chi connectivity index (χ0) is 32.2. The van der Waals surface area contributed by atoms with Gasteiger partial charge in [0.15, 0.2) is 5.69 Å². The molecular formula is C44H26N4. The molecule has 0 atom stereocenters. The summed E-state index contributed by atoms with van der Waals surface area (Å²) in [6.45, 7) is 15.8. The quantitative estimate of drug-likeness (QED) is 0.177. The Hall–Kier alpha value is -6.88. The topological polar surface area (TPSA) is 18.6 Å². The van der Waals surface area contributed by atoms with Gasteiger partial charge in [0.25, 0.3) is 0 Å². The highest BCUT2D eigenvalue weighted by molar-refractivity contribution is 6.11. The van der Waals surface area contributed by atoms with E-state index in [1.807, 2.05) is 24.3 Å². The lowest BCUT2D eigenvalue weighted by Crippen LogP contribution is -1.99. The van der Waals surface area contributed by atoms with Gasteiger partial charge in [-0.05, 0) is 58.7 Å². The van der Waals surface area contributed by atoms with Crippen molar-refractivity contribution in [2.75, 3.05) is 0 Å². The van der Waals surface area contributed by atoms with Crippen LogP contribution in [0.5, 0.6) is 0 Å². The van der Waals surface area contributed by atoms with Gasteiger partial charge < -0.3 is 9.13 Å². The molecule has 0 aliphatic heterocycles. The lowest BCUT2D eigenvalue weighted by atomic mass is 9.93. The van der Waals surface area contributed by atoms with E-state index in [1.165, 1.54) is 0 Å². The molecule has 9 rings (SSSR count). The SMILES string of the molecule is [C-]#[N+]c1ccc2c3ccccc3n(-c3ccc(-c4ccccc4-c4cccc([N+]#[C-])c4-n4c5ccccc5c5ccccc54)cc3)c2c1. The predicted molar refractivity (Wildman–Crippen MR) is 199 cm³/mol. The number of hydrogen-bond donors (Lipinski definition) is 0. The fourth-order valence-electron chi connectivity index (χ4n) is 7.30. The number of nitrogens with zero attached hydrogens (tertiary/aromatic N) is 4. The minimum absolute atomic E-state index is 0.606. The average Bonchev–Trinajstić information content (AvgIpc) is 3.67. The molecular weight excluding hydrogens is 585 g/mol. The lowest BCUT2D eigenvalue weighted by Gasteiger charge is -2.18. The Bertz CT molecular complexity index is 2750. The second-order valence-electron chi connectivity index (χ2n) is 11.9. The Morgan fingerprint density at radius 3 is 1.56 bits per heavy atom. The summed E-state index contributed by atoms with van der Waals surface area (Å²) >= 11 is 0. The molecule has 0 saturated heterocycles. The summed E-state index contributed by atoms with van der Waals surface area (Å²) in [6.07, 6.45) is 0. The minimum atomic E-state index is 0.606. The fraction of sp³-hybridized carbons (Fsp3) is 0. The lowest BCUT2D eigenvalue weighted by molar-refractivity contribution is 1.18. The molecule has 0 amide bonds. The molecule has 9 aromatic rings. The van der Waals surface area contributed by atoms with Crippen molar-refractivity contribution in [3.8, 4) is 33.6 Å². The van der Waals surface area contributed by atoms with E-state index in [0.29, 0.717) is 11.4 Å². The van der Waals surface area contributed by atoms with Gasteiger partial charge in [-0.25, -0.2) is 9.69 Å². The van der Waals surface area contributed by atoms with Crippen molar-refractivity contribution < 1.29 is 0 Å². The first-order valence-electron chi connectivity index (χ1n) is 15.8. The summed E-state index contributed by atoms with van der Waals surface area (Å²) in [6, 6.07) is 54.3. The minimum Gasteiger partial charge on any atom is -0.318 e. The molecule has 7 aromatic carbocycles. The van der Waals surface area contributed by atoms with Crippen LogP contribution in [0.3, 0.4) is 0 Å².